The fourth-order valence-corrected chi connectivity index (χ4v) is 2.19. The Kier molecular flexibility index (Phi) is 4.62. The van der Waals surface area contributed by atoms with Gasteiger partial charge in [0.25, 0.3) is 5.89 Å². The molecule has 0 spiro atoms. The van der Waals surface area contributed by atoms with Gasteiger partial charge in [0.15, 0.2) is 5.89 Å². The van der Waals surface area contributed by atoms with Crippen LogP contribution in [-0.2, 0) is 22.5 Å². The molecule has 3 heterocycles. The largest absolute Gasteiger partial charge is 0.448 e. The first kappa shape index (κ1) is 14.2. The van der Waals surface area contributed by atoms with E-state index in [0.717, 1.165) is 38.9 Å². The van der Waals surface area contributed by atoms with Crippen molar-refractivity contribution in [3.63, 3.8) is 0 Å². The number of hydrogen-bond acceptors (Lipinski definition) is 7. The molecule has 2 aromatic rings. The van der Waals surface area contributed by atoms with Crippen LogP contribution in [0.3, 0.4) is 0 Å². The van der Waals surface area contributed by atoms with Crippen molar-refractivity contribution in [3.8, 4) is 11.5 Å². The Morgan fingerprint density at radius 2 is 2.10 bits per heavy atom. The summed E-state index contributed by atoms with van der Waals surface area (Å²) >= 11 is 0. The minimum absolute atomic E-state index is 0.206. The van der Waals surface area contributed by atoms with Crippen LogP contribution < -0.4 is 0 Å². The highest BCUT2D eigenvalue weighted by atomic mass is 16.5. The summed E-state index contributed by atoms with van der Waals surface area (Å²) in [7, 11) is 0. The number of aryl methyl sites for hydroxylation is 1. The quantitative estimate of drug-likeness (QED) is 0.808. The molecule has 3 rings (SSSR count). The molecule has 0 saturated carbocycles. The SMILES string of the molecule is CCCc1nc(-c2noc(COC3CCOCC3)n2)co1. The topological polar surface area (TPSA) is 83.4 Å². The van der Waals surface area contributed by atoms with E-state index in [1.165, 1.54) is 0 Å². The van der Waals surface area contributed by atoms with E-state index in [2.05, 4.69) is 22.0 Å². The highest BCUT2D eigenvalue weighted by Gasteiger charge is 2.17. The van der Waals surface area contributed by atoms with Crippen LogP contribution in [0.15, 0.2) is 15.2 Å². The summed E-state index contributed by atoms with van der Waals surface area (Å²) in [4.78, 5) is 8.61. The number of hydrogen-bond donors (Lipinski definition) is 0. The molecule has 1 aliphatic rings. The molecular weight excluding hydrogens is 274 g/mol. The predicted octanol–water partition coefficient (Wildman–Crippen LogP) is 2.37. The number of ether oxygens (including phenoxy) is 2. The number of oxazole rings is 1. The molecule has 1 aliphatic heterocycles. The third kappa shape index (κ3) is 3.68. The first-order valence-corrected chi connectivity index (χ1v) is 7.32. The van der Waals surface area contributed by atoms with Crippen LogP contribution in [0.5, 0.6) is 0 Å². The Balaban J connectivity index is 1.57. The fraction of sp³-hybridized carbons (Fsp3) is 0.643. The zero-order chi connectivity index (χ0) is 14.5. The lowest BCUT2D eigenvalue weighted by atomic mass is 10.2. The van der Waals surface area contributed by atoms with Crippen molar-refractivity contribution in [1.29, 1.82) is 0 Å². The highest BCUT2D eigenvalue weighted by Crippen LogP contribution is 2.17. The molecule has 7 nitrogen and oxygen atoms in total. The fourth-order valence-electron chi connectivity index (χ4n) is 2.19. The average Bonchev–Trinajstić information content (AvgIpc) is 3.15. The Morgan fingerprint density at radius 3 is 2.90 bits per heavy atom. The summed E-state index contributed by atoms with van der Waals surface area (Å²) in [6.45, 7) is 3.89. The molecule has 0 aromatic carbocycles. The lowest BCUT2D eigenvalue weighted by Gasteiger charge is -2.21. The van der Waals surface area contributed by atoms with Crippen LogP contribution in [0.2, 0.25) is 0 Å². The summed E-state index contributed by atoms with van der Waals surface area (Å²) in [5.41, 5.74) is 0.597. The third-order valence-electron chi connectivity index (χ3n) is 3.32. The maximum atomic E-state index is 5.74. The summed E-state index contributed by atoms with van der Waals surface area (Å²) < 4.78 is 21.6. The summed E-state index contributed by atoms with van der Waals surface area (Å²) in [5, 5.41) is 3.91. The smallest absolute Gasteiger partial charge is 0.253 e. The Bertz CT molecular complexity index is 560. The Morgan fingerprint density at radius 1 is 1.24 bits per heavy atom. The van der Waals surface area contributed by atoms with Gasteiger partial charge in [0.2, 0.25) is 5.82 Å². The van der Waals surface area contributed by atoms with Crippen molar-refractivity contribution >= 4 is 0 Å². The lowest BCUT2D eigenvalue weighted by Crippen LogP contribution is -2.23. The third-order valence-corrected chi connectivity index (χ3v) is 3.32. The van der Waals surface area contributed by atoms with Crippen molar-refractivity contribution < 1.29 is 18.4 Å². The van der Waals surface area contributed by atoms with Gasteiger partial charge in [-0.3, -0.25) is 0 Å². The van der Waals surface area contributed by atoms with Crippen molar-refractivity contribution in [1.82, 2.24) is 15.1 Å². The van der Waals surface area contributed by atoms with Crippen LogP contribution in [0.25, 0.3) is 11.5 Å². The highest BCUT2D eigenvalue weighted by molar-refractivity contribution is 5.45. The van der Waals surface area contributed by atoms with E-state index < -0.39 is 0 Å². The van der Waals surface area contributed by atoms with Gasteiger partial charge in [0.05, 0.1) is 6.10 Å². The van der Waals surface area contributed by atoms with Gasteiger partial charge in [-0.15, -0.1) is 0 Å². The summed E-state index contributed by atoms with van der Waals surface area (Å²) in [5.74, 6) is 1.58. The second-order valence-corrected chi connectivity index (χ2v) is 5.01. The lowest BCUT2D eigenvalue weighted by molar-refractivity contribution is -0.0455. The molecule has 0 radical (unpaired) electrons. The predicted molar refractivity (Wildman–Crippen MR) is 72.4 cm³/mol. The van der Waals surface area contributed by atoms with Crippen molar-refractivity contribution in [2.75, 3.05) is 13.2 Å². The van der Waals surface area contributed by atoms with Gasteiger partial charge in [-0.1, -0.05) is 12.1 Å². The van der Waals surface area contributed by atoms with Gasteiger partial charge < -0.3 is 18.4 Å². The van der Waals surface area contributed by atoms with Gasteiger partial charge in [-0.25, -0.2) is 4.98 Å². The number of nitrogens with zero attached hydrogens (tertiary/aromatic N) is 3. The van der Waals surface area contributed by atoms with Gasteiger partial charge in [0.1, 0.15) is 18.6 Å². The van der Waals surface area contributed by atoms with Gasteiger partial charge in [-0.2, -0.15) is 4.98 Å². The molecule has 7 heteroatoms. The van der Waals surface area contributed by atoms with E-state index >= 15 is 0 Å². The van der Waals surface area contributed by atoms with Crippen LogP contribution in [0.1, 0.15) is 38.0 Å². The molecule has 0 atom stereocenters. The normalized spacial score (nSPS) is 16.4. The van der Waals surface area contributed by atoms with E-state index in [1.54, 1.807) is 6.26 Å². The van der Waals surface area contributed by atoms with E-state index in [4.69, 9.17) is 18.4 Å². The first-order valence-electron chi connectivity index (χ1n) is 7.32. The Hall–Kier alpha value is -1.73. The molecule has 21 heavy (non-hydrogen) atoms. The standard InChI is InChI=1S/C14H19N3O4/c1-2-3-12-15-11(8-20-12)14-16-13(21-17-14)9-19-10-4-6-18-7-5-10/h8,10H,2-7,9H2,1H3. The first-order chi connectivity index (χ1) is 10.3. The maximum Gasteiger partial charge on any atom is 0.253 e. The monoisotopic (exact) mass is 293 g/mol. The zero-order valence-electron chi connectivity index (χ0n) is 12.1. The van der Waals surface area contributed by atoms with E-state index in [-0.39, 0.29) is 6.10 Å². The number of aromatic nitrogens is 3. The van der Waals surface area contributed by atoms with Gasteiger partial charge >= 0.3 is 0 Å². The molecule has 0 amide bonds. The van der Waals surface area contributed by atoms with E-state index in [9.17, 15) is 0 Å². The van der Waals surface area contributed by atoms with Crippen LogP contribution in [0, 0.1) is 0 Å². The van der Waals surface area contributed by atoms with Gasteiger partial charge in [-0.05, 0) is 19.3 Å². The molecular formula is C14H19N3O4. The van der Waals surface area contributed by atoms with Crippen molar-refractivity contribution in [3.05, 3.63) is 18.0 Å². The Labute approximate surface area is 122 Å². The molecule has 0 bridgehead atoms. The van der Waals surface area contributed by atoms with Crippen LogP contribution >= 0.6 is 0 Å². The van der Waals surface area contributed by atoms with E-state index in [1.807, 2.05) is 0 Å². The molecule has 1 fully saturated rings. The van der Waals surface area contributed by atoms with E-state index in [0.29, 0.717) is 29.9 Å². The minimum atomic E-state index is 0.206. The molecule has 0 aliphatic carbocycles. The molecule has 0 unspecified atom stereocenters. The van der Waals surface area contributed by atoms with Gasteiger partial charge in [0, 0.05) is 19.6 Å². The second kappa shape index (κ2) is 6.82. The molecule has 2 aromatic heterocycles. The van der Waals surface area contributed by atoms with Crippen LogP contribution in [0.4, 0.5) is 0 Å². The second-order valence-electron chi connectivity index (χ2n) is 5.01. The van der Waals surface area contributed by atoms with Crippen molar-refractivity contribution in [2.24, 2.45) is 0 Å². The number of rotatable bonds is 6. The average molecular weight is 293 g/mol. The molecule has 114 valence electrons. The molecule has 1 saturated heterocycles. The zero-order valence-corrected chi connectivity index (χ0v) is 12.1. The minimum Gasteiger partial charge on any atom is -0.448 e. The maximum absolute atomic E-state index is 5.74. The summed E-state index contributed by atoms with van der Waals surface area (Å²) in [6.07, 6.45) is 5.36. The van der Waals surface area contributed by atoms with Crippen molar-refractivity contribution in [2.45, 2.75) is 45.3 Å². The van der Waals surface area contributed by atoms with Crippen LogP contribution in [-0.4, -0.2) is 34.4 Å². The summed E-state index contributed by atoms with van der Waals surface area (Å²) in [6, 6.07) is 0. The molecule has 0 N–H and O–H groups in total.